The maximum Gasteiger partial charge on any atom is 0.224 e. The fourth-order valence-electron chi connectivity index (χ4n) is 2.01. The Labute approximate surface area is 151 Å². The maximum absolute atomic E-state index is 9.07. The minimum Gasteiger partial charge on any atom is -0.451 e. The predicted octanol–water partition coefficient (Wildman–Crippen LogP) is 1.27. The molecule has 0 amide bonds. The Kier molecular flexibility index (Phi) is 6.49. The van der Waals surface area contributed by atoms with Gasteiger partial charge in [0.15, 0.2) is 11.6 Å². The number of terminal acetylenes is 1. The van der Waals surface area contributed by atoms with Gasteiger partial charge in [0.1, 0.15) is 11.4 Å². The zero-order valence-electron chi connectivity index (χ0n) is 14.4. The minimum atomic E-state index is -0.312. The molecular formula is C18H21N5O3. The molecule has 2 heterocycles. The number of hydrogen-bond acceptors (Lipinski definition) is 8. The largest absolute Gasteiger partial charge is 0.451 e. The molecule has 0 radical (unpaired) electrons. The van der Waals surface area contributed by atoms with Crippen molar-refractivity contribution in [1.82, 2.24) is 15.0 Å². The molecule has 0 atom stereocenters. The van der Waals surface area contributed by atoms with Gasteiger partial charge in [-0.15, -0.1) is 6.42 Å². The second kappa shape index (κ2) is 8.80. The number of nitrogens with zero attached hydrogens (tertiary/aromatic N) is 3. The van der Waals surface area contributed by atoms with Gasteiger partial charge in [0.2, 0.25) is 5.95 Å². The van der Waals surface area contributed by atoms with Crippen LogP contribution < -0.4 is 15.8 Å². The van der Waals surface area contributed by atoms with E-state index in [9.17, 15) is 0 Å². The van der Waals surface area contributed by atoms with Gasteiger partial charge in [-0.2, -0.15) is 4.98 Å². The third-order valence-corrected chi connectivity index (χ3v) is 3.54. The number of aliphatic hydroxyl groups excluding tert-OH is 2. The average Bonchev–Trinajstić information content (AvgIpc) is 2.64. The first-order chi connectivity index (χ1) is 12.5. The average molecular weight is 355 g/mol. The van der Waals surface area contributed by atoms with Gasteiger partial charge >= 0.3 is 0 Å². The highest BCUT2D eigenvalue weighted by Crippen LogP contribution is 2.31. The molecule has 0 saturated carbocycles. The lowest BCUT2D eigenvalue weighted by Crippen LogP contribution is -2.22. The molecule has 0 aliphatic carbocycles. The van der Waals surface area contributed by atoms with Crippen LogP contribution >= 0.6 is 0 Å². The van der Waals surface area contributed by atoms with Crippen molar-refractivity contribution in [2.45, 2.75) is 6.92 Å². The van der Waals surface area contributed by atoms with E-state index in [4.69, 9.17) is 27.1 Å². The molecule has 0 aliphatic heterocycles. The third-order valence-electron chi connectivity index (χ3n) is 3.54. The molecule has 5 N–H and O–H groups in total. The lowest BCUT2D eigenvalue weighted by atomic mass is 10.1. The first-order valence-electron chi connectivity index (χ1n) is 7.87. The molecule has 0 saturated heterocycles. The van der Waals surface area contributed by atoms with Gasteiger partial charge in [-0.3, -0.25) is 0 Å². The molecule has 0 spiro atoms. The SMILES string of the molecule is C#Cc1cc(Oc2cnc(NCC(CO)CO)nc2N)c(C(=C)C)cn1. The number of hydrogen-bond donors (Lipinski definition) is 4. The second-order valence-electron chi connectivity index (χ2n) is 5.65. The molecule has 0 fully saturated rings. The van der Waals surface area contributed by atoms with E-state index < -0.39 is 0 Å². The first kappa shape index (κ1) is 19.2. The van der Waals surface area contributed by atoms with Crippen molar-refractivity contribution in [1.29, 1.82) is 0 Å². The Morgan fingerprint density at radius 3 is 2.65 bits per heavy atom. The molecule has 0 unspecified atom stereocenters. The topological polar surface area (TPSA) is 126 Å². The number of allylic oxidation sites excluding steroid dienone is 1. The summed E-state index contributed by atoms with van der Waals surface area (Å²) in [6, 6.07) is 1.61. The summed E-state index contributed by atoms with van der Waals surface area (Å²) in [5.41, 5.74) is 7.81. The van der Waals surface area contributed by atoms with Gasteiger partial charge < -0.3 is 26.0 Å². The van der Waals surface area contributed by atoms with Gasteiger partial charge in [-0.05, 0) is 12.5 Å². The summed E-state index contributed by atoms with van der Waals surface area (Å²) >= 11 is 0. The van der Waals surface area contributed by atoms with Gasteiger partial charge in [-0.1, -0.05) is 12.5 Å². The molecule has 0 aromatic carbocycles. The highest BCUT2D eigenvalue weighted by atomic mass is 16.5. The highest BCUT2D eigenvalue weighted by molar-refractivity contribution is 5.68. The number of nitrogen functional groups attached to an aromatic ring is 1. The van der Waals surface area contributed by atoms with Crippen molar-refractivity contribution in [3.05, 3.63) is 36.3 Å². The van der Waals surface area contributed by atoms with Gasteiger partial charge in [0.05, 0.1) is 6.20 Å². The van der Waals surface area contributed by atoms with Crippen LogP contribution in [0.15, 0.2) is 25.0 Å². The molecule has 26 heavy (non-hydrogen) atoms. The van der Waals surface area contributed by atoms with Crippen molar-refractivity contribution in [2.24, 2.45) is 5.92 Å². The van der Waals surface area contributed by atoms with Crippen LogP contribution in [-0.4, -0.2) is 44.9 Å². The van der Waals surface area contributed by atoms with Crippen LogP contribution in [0.3, 0.4) is 0 Å². The molecule has 8 nitrogen and oxygen atoms in total. The van der Waals surface area contributed by atoms with E-state index in [1.165, 1.54) is 6.20 Å². The number of aliphatic hydroxyl groups is 2. The van der Waals surface area contributed by atoms with E-state index >= 15 is 0 Å². The van der Waals surface area contributed by atoms with Crippen LogP contribution in [0.1, 0.15) is 18.2 Å². The van der Waals surface area contributed by atoms with Crippen LogP contribution in [-0.2, 0) is 0 Å². The molecule has 136 valence electrons. The second-order valence-corrected chi connectivity index (χ2v) is 5.65. The van der Waals surface area contributed by atoms with Crippen LogP contribution in [0.5, 0.6) is 11.5 Å². The zero-order chi connectivity index (χ0) is 19.1. The standard InChI is InChI=1S/C18H21N5O3/c1-4-13-5-15(14(7-20-13)11(2)3)26-16-8-22-18(23-17(16)19)21-6-12(9-24)10-25/h1,5,7-8,12,24-25H,2,6,9-10H2,3H3,(H3,19,21,22,23). The van der Waals surface area contributed by atoms with Crippen LogP contribution in [0, 0.1) is 18.3 Å². The summed E-state index contributed by atoms with van der Waals surface area (Å²) < 4.78 is 5.81. The van der Waals surface area contributed by atoms with Crippen LogP contribution in [0.2, 0.25) is 0 Å². The number of pyridine rings is 1. The molecule has 0 aliphatic rings. The van der Waals surface area contributed by atoms with Crippen LogP contribution in [0.25, 0.3) is 5.57 Å². The normalized spacial score (nSPS) is 10.4. The molecule has 2 aromatic rings. The number of ether oxygens (including phenoxy) is 1. The number of anilines is 2. The fraction of sp³-hybridized carbons (Fsp3) is 0.278. The summed E-state index contributed by atoms with van der Waals surface area (Å²) in [5.74, 6) is 3.24. The smallest absolute Gasteiger partial charge is 0.224 e. The van der Waals surface area contributed by atoms with E-state index in [1.807, 2.05) is 6.92 Å². The first-order valence-corrected chi connectivity index (χ1v) is 7.87. The zero-order valence-corrected chi connectivity index (χ0v) is 14.4. The summed E-state index contributed by atoms with van der Waals surface area (Å²) in [5, 5.41) is 21.0. The highest BCUT2D eigenvalue weighted by Gasteiger charge is 2.13. The van der Waals surface area contributed by atoms with Crippen molar-refractivity contribution in [2.75, 3.05) is 30.8 Å². The Morgan fingerprint density at radius 1 is 1.35 bits per heavy atom. The maximum atomic E-state index is 9.07. The molecule has 2 aromatic heterocycles. The Balaban J connectivity index is 2.21. The summed E-state index contributed by atoms with van der Waals surface area (Å²) in [4.78, 5) is 12.4. The van der Waals surface area contributed by atoms with Crippen molar-refractivity contribution < 1.29 is 14.9 Å². The third kappa shape index (κ3) is 4.69. The van der Waals surface area contributed by atoms with Gasteiger partial charge in [0, 0.05) is 43.5 Å². The predicted molar refractivity (Wildman–Crippen MR) is 99.5 cm³/mol. The molecule has 2 rings (SSSR count). The Hall–Kier alpha value is -3.15. The minimum absolute atomic E-state index is 0.124. The van der Waals surface area contributed by atoms with Crippen LogP contribution in [0.4, 0.5) is 11.8 Å². The monoisotopic (exact) mass is 355 g/mol. The Morgan fingerprint density at radius 2 is 2.08 bits per heavy atom. The lowest BCUT2D eigenvalue weighted by molar-refractivity contribution is 0.157. The van der Waals surface area contributed by atoms with E-state index in [0.29, 0.717) is 23.6 Å². The summed E-state index contributed by atoms with van der Waals surface area (Å²) in [6.07, 6.45) is 8.40. The molecule has 0 bridgehead atoms. The molecule has 8 heteroatoms. The van der Waals surface area contributed by atoms with Gasteiger partial charge in [0.25, 0.3) is 0 Å². The number of rotatable bonds is 8. The van der Waals surface area contributed by atoms with E-state index in [1.54, 1.807) is 12.3 Å². The number of nitrogens with two attached hydrogens (primary N) is 1. The van der Waals surface area contributed by atoms with Crippen molar-refractivity contribution >= 4 is 17.3 Å². The van der Waals surface area contributed by atoms with E-state index in [-0.39, 0.29) is 36.6 Å². The molecular weight excluding hydrogens is 334 g/mol. The summed E-state index contributed by atoms with van der Waals surface area (Å²) in [7, 11) is 0. The number of aromatic nitrogens is 3. The lowest BCUT2D eigenvalue weighted by Gasteiger charge is -2.14. The number of nitrogens with one attached hydrogen (secondary N) is 1. The van der Waals surface area contributed by atoms with Gasteiger partial charge in [-0.25, -0.2) is 9.97 Å². The Bertz CT molecular complexity index is 828. The fourth-order valence-corrected chi connectivity index (χ4v) is 2.01. The quantitative estimate of drug-likeness (QED) is 0.522. The van der Waals surface area contributed by atoms with E-state index in [0.717, 1.165) is 5.57 Å². The van der Waals surface area contributed by atoms with Crippen molar-refractivity contribution in [3.8, 4) is 23.8 Å². The van der Waals surface area contributed by atoms with E-state index in [2.05, 4.69) is 32.8 Å². The summed E-state index contributed by atoms with van der Waals surface area (Å²) in [6.45, 7) is 5.73. The van der Waals surface area contributed by atoms with Crippen molar-refractivity contribution in [3.63, 3.8) is 0 Å².